The van der Waals surface area contributed by atoms with E-state index in [2.05, 4.69) is 15.3 Å². The molecule has 0 unspecified atom stereocenters. The lowest BCUT2D eigenvalue weighted by molar-refractivity contribution is 0.102. The third-order valence-electron chi connectivity index (χ3n) is 3.35. The van der Waals surface area contributed by atoms with Crippen molar-refractivity contribution in [3.63, 3.8) is 0 Å². The molecule has 5 nitrogen and oxygen atoms in total. The largest absolute Gasteiger partial charge is 0.436 e. The van der Waals surface area contributed by atoms with Crippen LogP contribution in [-0.2, 0) is 0 Å². The number of rotatable bonds is 3. The Kier molecular flexibility index (Phi) is 3.36. The average molecular weight is 321 g/mol. The van der Waals surface area contributed by atoms with Crippen LogP contribution in [0.3, 0.4) is 0 Å². The van der Waals surface area contributed by atoms with Crippen LogP contribution in [0.25, 0.3) is 22.6 Å². The van der Waals surface area contributed by atoms with E-state index in [0.717, 1.165) is 5.56 Å². The Morgan fingerprint density at radius 1 is 1.09 bits per heavy atom. The number of hydrogen-bond acceptors (Lipinski definition) is 5. The van der Waals surface area contributed by atoms with Gasteiger partial charge in [-0.2, -0.15) is 0 Å². The van der Waals surface area contributed by atoms with Crippen LogP contribution < -0.4 is 5.32 Å². The summed E-state index contributed by atoms with van der Waals surface area (Å²) >= 11 is 1.38. The molecule has 0 saturated heterocycles. The Labute approximate surface area is 135 Å². The minimum Gasteiger partial charge on any atom is -0.436 e. The van der Waals surface area contributed by atoms with Crippen LogP contribution >= 0.6 is 11.3 Å². The Hall–Kier alpha value is -2.99. The molecule has 2 aromatic carbocycles. The van der Waals surface area contributed by atoms with Gasteiger partial charge in [0.2, 0.25) is 5.89 Å². The van der Waals surface area contributed by atoms with Crippen molar-refractivity contribution in [3.05, 3.63) is 65.1 Å². The summed E-state index contributed by atoms with van der Waals surface area (Å²) in [6.07, 6.45) is 0. The number of hydrogen-bond donors (Lipinski definition) is 1. The summed E-state index contributed by atoms with van der Waals surface area (Å²) in [6.45, 7) is 0. The zero-order valence-corrected chi connectivity index (χ0v) is 12.7. The maximum Gasteiger partial charge on any atom is 0.275 e. The molecule has 23 heavy (non-hydrogen) atoms. The van der Waals surface area contributed by atoms with Gasteiger partial charge in [-0.05, 0) is 24.3 Å². The summed E-state index contributed by atoms with van der Waals surface area (Å²) in [4.78, 5) is 20.7. The molecule has 0 spiro atoms. The van der Waals surface area contributed by atoms with Crippen LogP contribution in [0.2, 0.25) is 0 Å². The SMILES string of the molecule is O=C(Nc1cccc2oc(-c3ccccc3)nc12)c1cscn1. The second-order valence-corrected chi connectivity index (χ2v) is 5.58. The molecular weight excluding hydrogens is 310 g/mol. The molecule has 0 bridgehead atoms. The zero-order valence-electron chi connectivity index (χ0n) is 11.9. The molecule has 2 aromatic heterocycles. The first kappa shape index (κ1) is 13.7. The Morgan fingerprint density at radius 3 is 2.74 bits per heavy atom. The fourth-order valence-corrected chi connectivity index (χ4v) is 2.80. The second-order valence-electron chi connectivity index (χ2n) is 4.87. The number of para-hydroxylation sites is 1. The van der Waals surface area contributed by atoms with Crippen molar-refractivity contribution in [2.24, 2.45) is 0 Å². The first-order valence-electron chi connectivity index (χ1n) is 6.96. The standard InChI is InChI=1S/C17H11N3O2S/c21-16(13-9-23-10-18-13)19-12-7-4-8-14-15(12)20-17(22-14)11-5-2-1-3-6-11/h1-10H,(H,19,21). The molecule has 0 fully saturated rings. The van der Waals surface area contributed by atoms with Gasteiger partial charge in [0.1, 0.15) is 11.2 Å². The Morgan fingerprint density at radius 2 is 1.96 bits per heavy atom. The lowest BCUT2D eigenvalue weighted by Gasteiger charge is -2.02. The van der Waals surface area contributed by atoms with Crippen LogP contribution in [0.15, 0.2) is 63.8 Å². The van der Waals surface area contributed by atoms with E-state index in [0.29, 0.717) is 28.4 Å². The highest BCUT2D eigenvalue weighted by molar-refractivity contribution is 7.07. The predicted molar refractivity (Wildman–Crippen MR) is 89.5 cm³/mol. The molecule has 6 heteroatoms. The number of amides is 1. The van der Waals surface area contributed by atoms with E-state index in [-0.39, 0.29) is 5.91 Å². The molecule has 4 aromatic rings. The number of benzene rings is 2. The smallest absolute Gasteiger partial charge is 0.275 e. The highest BCUT2D eigenvalue weighted by Crippen LogP contribution is 2.28. The van der Waals surface area contributed by atoms with E-state index in [9.17, 15) is 4.79 Å². The van der Waals surface area contributed by atoms with Gasteiger partial charge in [-0.15, -0.1) is 11.3 Å². The molecule has 0 aliphatic carbocycles. The number of fused-ring (bicyclic) bond motifs is 1. The van der Waals surface area contributed by atoms with Gasteiger partial charge in [-0.1, -0.05) is 24.3 Å². The van der Waals surface area contributed by atoms with Crippen LogP contribution in [0.5, 0.6) is 0 Å². The van der Waals surface area contributed by atoms with Crippen molar-refractivity contribution in [1.82, 2.24) is 9.97 Å². The quantitative estimate of drug-likeness (QED) is 0.614. The molecule has 2 heterocycles. The van der Waals surface area contributed by atoms with Gasteiger partial charge in [-0.3, -0.25) is 4.79 Å². The van der Waals surface area contributed by atoms with E-state index in [1.54, 1.807) is 17.0 Å². The lowest BCUT2D eigenvalue weighted by atomic mass is 10.2. The maximum absolute atomic E-state index is 12.2. The molecule has 0 aliphatic rings. The van der Waals surface area contributed by atoms with Crippen LogP contribution in [0, 0.1) is 0 Å². The zero-order chi connectivity index (χ0) is 15.6. The third-order valence-corrected chi connectivity index (χ3v) is 3.94. The summed E-state index contributed by atoms with van der Waals surface area (Å²) in [5.41, 5.74) is 4.75. The van der Waals surface area contributed by atoms with E-state index >= 15 is 0 Å². The van der Waals surface area contributed by atoms with E-state index in [4.69, 9.17) is 4.42 Å². The fraction of sp³-hybridized carbons (Fsp3) is 0. The molecule has 0 atom stereocenters. The van der Waals surface area contributed by atoms with Crippen molar-refractivity contribution in [2.45, 2.75) is 0 Å². The Balaban J connectivity index is 1.73. The van der Waals surface area contributed by atoms with E-state index in [1.165, 1.54) is 11.3 Å². The molecule has 0 radical (unpaired) electrons. The van der Waals surface area contributed by atoms with Gasteiger partial charge in [0.15, 0.2) is 5.58 Å². The number of nitrogens with one attached hydrogen (secondary N) is 1. The third kappa shape index (κ3) is 2.60. The minimum atomic E-state index is -0.261. The van der Waals surface area contributed by atoms with Crippen molar-refractivity contribution in [2.75, 3.05) is 5.32 Å². The monoisotopic (exact) mass is 321 g/mol. The average Bonchev–Trinajstić information content (AvgIpc) is 3.26. The summed E-state index contributed by atoms with van der Waals surface area (Å²) < 4.78 is 5.79. The summed E-state index contributed by atoms with van der Waals surface area (Å²) in [7, 11) is 0. The van der Waals surface area contributed by atoms with Crippen molar-refractivity contribution in [1.29, 1.82) is 0 Å². The van der Waals surface area contributed by atoms with Gasteiger partial charge in [0.05, 0.1) is 11.2 Å². The fourth-order valence-electron chi connectivity index (χ4n) is 2.26. The molecule has 0 aliphatic heterocycles. The molecule has 4 rings (SSSR count). The van der Waals surface area contributed by atoms with E-state index in [1.807, 2.05) is 42.5 Å². The highest BCUT2D eigenvalue weighted by Gasteiger charge is 2.14. The topological polar surface area (TPSA) is 68.0 Å². The number of thiazole rings is 1. The highest BCUT2D eigenvalue weighted by atomic mass is 32.1. The molecular formula is C17H11N3O2S. The second kappa shape index (κ2) is 5.66. The van der Waals surface area contributed by atoms with Crippen LogP contribution in [0.4, 0.5) is 5.69 Å². The lowest BCUT2D eigenvalue weighted by Crippen LogP contribution is -2.12. The molecule has 0 saturated carbocycles. The molecule has 1 amide bonds. The number of nitrogens with zero attached hydrogens (tertiary/aromatic N) is 2. The summed E-state index contributed by atoms with van der Waals surface area (Å²) in [6, 6.07) is 15.1. The van der Waals surface area contributed by atoms with Crippen molar-refractivity contribution in [3.8, 4) is 11.5 Å². The number of aromatic nitrogens is 2. The number of anilines is 1. The molecule has 1 N–H and O–H groups in total. The van der Waals surface area contributed by atoms with Gasteiger partial charge < -0.3 is 9.73 Å². The van der Waals surface area contributed by atoms with Crippen molar-refractivity contribution >= 4 is 34.0 Å². The first-order chi connectivity index (χ1) is 11.3. The Bertz CT molecular complexity index is 962. The van der Waals surface area contributed by atoms with Gasteiger partial charge in [-0.25, -0.2) is 9.97 Å². The first-order valence-corrected chi connectivity index (χ1v) is 7.90. The van der Waals surface area contributed by atoms with Gasteiger partial charge >= 0.3 is 0 Å². The van der Waals surface area contributed by atoms with Gasteiger partial charge in [0.25, 0.3) is 5.91 Å². The normalized spacial score (nSPS) is 10.8. The number of oxazole rings is 1. The van der Waals surface area contributed by atoms with Crippen molar-refractivity contribution < 1.29 is 9.21 Å². The van der Waals surface area contributed by atoms with E-state index < -0.39 is 0 Å². The van der Waals surface area contributed by atoms with Crippen LogP contribution in [0.1, 0.15) is 10.5 Å². The predicted octanol–water partition coefficient (Wildman–Crippen LogP) is 4.20. The van der Waals surface area contributed by atoms with Crippen LogP contribution in [-0.4, -0.2) is 15.9 Å². The number of carbonyl (C=O) groups excluding carboxylic acids is 1. The van der Waals surface area contributed by atoms with Gasteiger partial charge in [0, 0.05) is 10.9 Å². The number of carbonyl (C=O) groups is 1. The minimum absolute atomic E-state index is 0.261. The summed E-state index contributed by atoms with van der Waals surface area (Å²) in [5.74, 6) is 0.263. The maximum atomic E-state index is 12.2. The summed E-state index contributed by atoms with van der Waals surface area (Å²) in [5, 5.41) is 4.54. The molecule has 112 valence electrons.